The van der Waals surface area contributed by atoms with E-state index in [4.69, 9.17) is 4.74 Å². The van der Waals surface area contributed by atoms with Crippen LogP contribution in [-0.2, 0) is 9.53 Å². The Labute approximate surface area is 148 Å². The van der Waals surface area contributed by atoms with Gasteiger partial charge in [-0.3, -0.25) is 0 Å². The van der Waals surface area contributed by atoms with E-state index < -0.39 is 12.1 Å². The fourth-order valence-electron chi connectivity index (χ4n) is 3.13. The van der Waals surface area contributed by atoms with Gasteiger partial charge in [-0.15, -0.1) is 0 Å². The van der Waals surface area contributed by atoms with Crippen LogP contribution in [0.4, 0.5) is 0 Å². The predicted octanol–water partition coefficient (Wildman–Crippen LogP) is 5.83. The van der Waals surface area contributed by atoms with Gasteiger partial charge >= 0.3 is 5.97 Å². The second-order valence-electron chi connectivity index (χ2n) is 6.95. The molecule has 0 bridgehead atoms. The van der Waals surface area contributed by atoms with Gasteiger partial charge in [-0.05, 0) is 12.8 Å². The quantitative estimate of drug-likeness (QED) is 0.247. The number of rotatable bonds is 14. The largest absolute Gasteiger partial charge is 0.425 e. The van der Waals surface area contributed by atoms with Gasteiger partial charge in [-0.25, -0.2) is 4.79 Å². The van der Waals surface area contributed by atoms with Crippen molar-refractivity contribution in [3.63, 3.8) is 0 Å². The van der Waals surface area contributed by atoms with Gasteiger partial charge in [0.2, 0.25) is 0 Å². The number of aliphatic hydroxyl groups is 1. The summed E-state index contributed by atoms with van der Waals surface area (Å²) in [7, 11) is 0. The van der Waals surface area contributed by atoms with Crippen molar-refractivity contribution in [2.75, 3.05) is 0 Å². The SMILES string of the molecule is C=C1OC(=O)/C(=C\CCCCCCCCCCCCCCC)[C@@H]1O. The number of carbonyl (C=O) groups is 1. The highest BCUT2D eigenvalue weighted by Crippen LogP contribution is 2.23. The van der Waals surface area contributed by atoms with Gasteiger partial charge in [0.05, 0.1) is 5.57 Å². The molecule has 1 aliphatic rings. The second kappa shape index (κ2) is 13.2. The summed E-state index contributed by atoms with van der Waals surface area (Å²) in [6, 6.07) is 0. The first kappa shape index (κ1) is 21.0. The molecule has 1 aliphatic heterocycles. The van der Waals surface area contributed by atoms with E-state index in [1.54, 1.807) is 0 Å². The van der Waals surface area contributed by atoms with Crippen LogP contribution in [0.2, 0.25) is 0 Å². The lowest BCUT2D eigenvalue weighted by Crippen LogP contribution is -2.07. The monoisotopic (exact) mass is 336 g/mol. The fraction of sp³-hybridized carbons (Fsp3) is 0.762. The number of carbonyl (C=O) groups excluding carboxylic acids is 1. The number of ether oxygens (including phenoxy) is 1. The maximum absolute atomic E-state index is 11.4. The standard InChI is InChI=1S/C21H36O3/c1-3-4-5-6-7-8-9-10-11-12-13-14-15-16-17-19-20(22)18(2)24-21(19)23/h17,20,22H,2-16H2,1H3/b19-17-/t20-/m1/s1. The molecule has 0 spiro atoms. The van der Waals surface area contributed by atoms with Crippen LogP contribution in [0.3, 0.4) is 0 Å². The van der Waals surface area contributed by atoms with E-state index in [-0.39, 0.29) is 5.76 Å². The number of allylic oxidation sites excluding steroid dienone is 1. The molecule has 0 saturated carbocycles. The van der Waals surface area contributed by atoms with Gasteiger partial charge < -0.3 is 9.84 Å². The van der Waals surface area contributed by atoms with E-state index in [2.05, 4.69) is 13.5 Å². The molecule has 1 atom stereocenters. The summed E-state index contributed by atoms with van der Waals surface area (Å²) < 4.78 is 4.80. The Bertz CT molecular complexity index is 398. The van der Waals surface area contributed by atoms with Crippen LogP contribution in [0.15, 0.2) is 24.0 Å². The molecule has 1 heterocycles. The summed E-state index contributed by atoms with van der Waals surface area (Å²) in [4.78, 5) is 11.4. The second-order valence-corrected chi connectivity index (χ2v) is 6.95. The molecule has 1 N–H and O–H groups in total. The van der Waals surface area contributed by atoms with Crippen molar-refractivity contribution in [1.29, 1.82) is 0 Å². The third-order valence-electron chi connectivity index (χ3n) is 4.73. The molecule has 0 unspecified atom stereocenters. The third kappa shape index (κ3) is 8.68. The summed E-state index contributed by atoms with van der Waals surface area (Å²) in [6.07, 6.45) is 19.0. The van der Waals surface area contributed by atoms with Crippen LogP contribution in [0.1, 0.15) is 96.8 Å². The van der Waals surface area contributed by atoms with Gasteiger partial charge in [0.1, 0.15) is 11.9 Å². The van der Waals surface area contributed by atoms with Crippen molar-refractivity contribution in [2.24, 2.45) is 0 Å². The molecule has 1 fully saturated rings. The van der Waals surface area contributed by atoms with E-state index in [0.717, 1.165) is 12.8 Å². The summed E-state index contributed by atoms with van der Waals surface area (Å²) in [5.41, 5.74) is 0.360. The number of cyclic esters (lactones) is 1. The Hall–Kier alpha value is -1.09. The molecular weight excluding hydrogens is 300 g/mol. The molecule has 3 nitrogen and oxygen atoms in total. The molecule has 3 heteroatoms. The zero-order valence-electron chi connectivity index (χ0n) is 15.5. The Morgan fingerprint density at radius 1 is 0.917 bits per heavy atom. The first-order valence-corrected chi connectivity index (χ1v) is 9.96. The van der Waals surface area contributed by atoms with Gasteiger partial charge in [0.25, 0.3) is 0 Å². The normalized spacial score (nSPS) is 19.2. The summed E-state index contributed by atoms with van der Waals surface area (Å²) in [6.45, 7) is 5.78. The van der Waals surface area contributed by atoms with Crippen LogP contribution in [0.5, 0.6) is 0 Å². The average Bonchev–Trinajstić information content (AvgIpc) is 2.81. The first-order chi connectivity index (χ1) is 11.7. The van der Waals surface area contributed by atoms with E-state index in [9.17, 15) is 9.90 Å². The number of aliphatic hydroxyl groups excluding tert-OH is 1. The van der Waals surface area contributed by atoms with Crippen molar-refractivity contribution >= 4 is 5.97 Å². The summed E-state index contributed by atoms with van der Waals surface area (Å²) >= 11 is 0. The number of esters is 1. The molecule has 0 radical (unpaired) electrons. The van der Waals surface area contributed by atoms with E-state index in [0.29, 0.717) is 5.57 Å². The van der Waals surface area contributed by atoms with Gasteiger partial charge in [0, 0.05) is 0 Å². The predicted molar refractivity (Wildman–Crippen MR) is 99.6 cm³/mol. The Balaban J connectivity index is 1.87. The van der Waals surface area contributed by atoms with Crippen molar-refractivity contribution in [3.05, 3.63) is 24.0 Å². The van der Waals surface area contributed by atoms with Crippen LogP contribution < -0.4 is 0 Å². The first-order valence-electron chi connectivity index (χ1n) is 9.96. The van der Waals surface area contributed by atoms with Crippen molar-refractivity contribution in [2.45, 2.75) is 103 Å². The molecule has 138 valence electrons. The minimum Gasteiger partial charge on any atom is -0.425 e. The lowest BCUT2D eigenvalue weighted by molar-refractivity contribution is -0.132. The van der Waals surface area contributed by atoms with Crippen LogP contribution in [0.25, 0.3) is 0 Å². The van der Waals surface area contributed by atoms with E-state index in [1.807, 2.05) is 6.08 Å². The average molecular weight is 337 g/mol. The zero-order chi connectivity index (χ0) is 17.6. The summed E-state index contributed by atoms with van der Waals surface area (Å²) in [5.74, 6) is -0.293. The minimum atomic E-state index is -0.931. The Morgan fingerprint density at radius 2 is 1.38 bits per heavy atom. The van der Waals surface area contributed by atoms with Crippen molar-refractivity contribution in [1.82, 2.24) is 0 Å². The minimum absolute atomic E-state index is 0.150. The molecule has 0 aliphatic carbocycles. The maximum atomic E-state index is 11.4. The highest BCUT2D eigenvalue weighted by atomic mass is 16.6. The highest BCUT2D eigenvalue weighted by molar-refractivity contribution is 5.93. The molecule has 1 rings (SSSR count). The lowest BCUT2D eigenvalue weighted by Gasteiger charge is -2.03. The Morgan fingerprint density at radius 3 is 1.79 bits per heavy atom. The smallest absolute Gasteiger partial charge is 0.341 e. The van der Waals surface area contributed by atoms with Crippen LogP contribution in [0, 0.1) is 0 Å². The molecule has 0 aromatic rings. The van der Waals surface area contributed by atoms with Gasteiger partial charge in [-0.1, -0.05) is 96.6 Å². The molecule has 1 saturated heterocycles. The molecule has 0 aromatic carbocycles. The maximum Gasteiger partial charge on any atom is 0.341 e. The fourth-order valence-corrected chi connectivity index (χ4v) is 3.13. The third-order valence-corrected chi connectivity index (χ3v) is 4.73. The van der Waals surface area contributed by atoms with Crippen LogP contribution in [-0.4, -0.2) is 17.2 Å². The highest BCUT2D eigenvalue weighted by Gasteiger charge is 2.32. The summed E-state index contributed by atoms with van der Waals surface area (Å²) in [5, 5.41) is 9.72. The number of unbranched alkanes of at least 4 members (excludes halogenated alkanes) is 13. The van der Waals surface area contributed by atoms with Crippen molar-refractivity contribution in [3.8, 4) is 0 Å². The topological polar surface area (TPSA) is 46.5 Å². The Kier molecular flexibility index (Phi) is 11.5. The zero-order valence-corrected chi connectivity index (χ0v) is 15.5. The molecular formula is C21H36O3. The molecule has 0 amide bonds. The van der Waals surface area contributed by atoms with Gasteiger partial charge in [0.15, 0.2) is 0 Å². The number of hydrogen-bond donors (Lipinski definition) is 1. The molecule has 0 aromatic heterocycles. The van der Waals surface area contributed by atoms with Gasteiger partial charge in [-0.2, -0.15) is 0 Å². The lowest BCUT2D eigenvalue weighted by atomic mass is 10.0. The number of hydrogen-bond acceptors (Lipinski definition) is 3. The van der Waals surface area contributed by atoms with Crippen LogP contribution >= 0.6 is 0 Å². The molecule has 24 heavy (non-hydrogen) atoms. The van der Waals surface area contributed by atoms with E-state index >= 15 is 0 Å². The van der Waals surface area contributed by atoms with Crippen molar-refractivity contribution < 1.29 is 14.6 Å². The van der Waals surface area contributed by atoms with E-state index in [1.165, 1.54) is 77.0 Å².